The lowest BCUT2D eigenvalue weighted by Gasteiger charge is -2.32. The first-order valence-electron chi connectivity index (χ1n) is 7.11. The van der Waals surface area contributed by atoms with Crippen LogP contribution in [0.4, 0.5) is 4.39 Å². The topological polar surface area (TPSA) is 15.7 Å². The molecule has 3 nitrogen and oxygen atoms in total. The van der Waals surface area contributed by atoms with Gasteiger partial charge in [-0.25, -0.2) is 4.39 Å². The summed E-state index contributed by atoms with van der Waals surface area (Å²) >= 11 is 0. The number of hydrogen-bond acceptors (Lipinski definition) is 3. The van der Waals surface area contributed by atoms with Crippen molar-refractivity contribution < 1.29 is 9.13 Å². The number of rotatable bonds is 3. The number of hydrogen-bond donors (Lipinski definition) is 0. The molecule has 4 heteroatoms. The quantitative estimate of drug-likeness (QED) is 0.823. The molecule has 2 aliphatic rings. The number of halogens is 1. The van der Waals surface area contributed by atoms with Gasteiger partial charge in [-0.05, 0) is 23.6 Å². The largest absolute Gasteiger partial charge is 0.379 e. The second kappa shape index (κ2) is 5.99. The summed E-state index contributed by atoms with van der Waals surface area (Å²) in [6.45, 7) is 7.81. The van der Waals surface area contributed by atoms with Crippen LogP contribution in [0, 0.1) is 5.82 Å². The van der Waals surface area contributed by atoms with E-state index in [-0.39, 0.29) is 5.82 Å². The van der Waals surface area contributed by atoms with Gasteiger partial charge in [-0.15, -0.1) is 0 Å². The zero-order valence-corrected chi connectivity index (χ0v) is 11.3. The van der Waals surface area contributed by atoms with Crippen molar-refractivity contribution in [1.29, 1.82) is 0 Å². The average molecular weight is 264 g/mol. The van der Waals surface area contributed by atoms with Gasteiger partial charge in [-0.1, -0.05) is 12.1 Å². The summed E-state index contributed by atoms with van der Waals surface area (Å²) in [7, 11) is 0. The fourth-order valence-corrected chi connectivity index (χ4v) is 2.92. The Morgan fingerprint density at radius 2 is 1.84 bits per heavy atom. The Labute approximate surface area is 114 Å². The van der Waals surface area contributed by atoms with Gasteiger partial charge in [0.05, 0.1) is 13.2 Å². The van der Waals surface area contributed by atoms with Crippen LogP contribution in [0.15, 0.2) is 18.2 Å². The molecule has 1 fully saturated rings. The smallest absolute Gasteiger partial charge is 0.126 e. The van der Waals surface area contributed by atoms with Crippen molar-refractivity contribution in [3.63, 3.8) is 0 Å². The molecule has 2 heterocycles. The standard InChI is InChI=1S/C15H21FN2O/c16-15-3-1-2-13-12-18(5-4-14(13)15)7-6-17-8-10-19-11-9-17/h1-3H,4-12H2. The van der Waals surface area contributed by atoms with Crippen LogP contribution in [-0.4, -0.2) is 55.7 Å². The van der Waals surface area contributed by atoms with Crippen LogP contribution in [0.2, 0.25) is 0 Å². The summed E-state index contributed by atoms with van der Waals surface area (Å²) < 4.78 is 19.0. The Bertz CT molecular complexity index is 432. The molecule has 0 amide bonds. The van der Waals surface area contributed by atoms with Crippen LogP contribution < -0.4 is 0 Å². The molecule has 2 aliphatic heterocycles. The predicted octanol–water partition coefficient (Wildman–Crippen LogP) is 1.52. The summed E-state index contributed by atoms with van der Waals surface area (Å²) in [5.41, 5.74) is 2.08. The second-order valence-electron chi connectivity index (χ2n) is 5.36. The van der Waals surface area contributed by atoms with Gasteiger partial charge in [-0.2, -0.15) is 0 Å². The van der Waals surface area contributed by atoms with Crippen molar-refractivity contribution in [2.45, 2.75) is 13.0 Å². The van der Waals surface area contributed by atoms with Gasteiger partial charge in [0.25, 0.3) is 0 Å². The van der Waals surface area contributed by atoms with E-state index in [9.17, 15) is 4.39 Å². The molecular weight excluding hydrogens is 243 g/mol. The van der Waals surface area contributed by atoms with Gasteiger partial charge in [-0.3, -0.25) is 9.80 Å². The number of morpholine rings is 1. The van der Waals surface area contributed by atoms with Crippen LogP contribution in [0.1, 0.15) is 11.1 Å². The molecule has 0 aliphatic carbocycles. The summed E-state index contributed by atoms with van der Waals surface area (Å²) in [6.07, 6.45) is 0.838. The Balaban J connectivity index is 1.54. The summed E-state index contributed by atoms with van der Waals surface area (Å²) in [5, 5.41) is 0. The summed E-state index contributed by atoms with van der Waals surface area (Å²) in [4.78, 5) is 4.88. The zero-order valence-electron chi connectivity index (χ0n) is 11.3. The van der Waals surface area contributed by atoms with Gasteiger partial charge >= 0.3 is 0 Å². The van der Waals surface area contributed by atoms with Gasteiger partial charge < -0.3 is 4.74 Å². The molecule has 0 bridgehead atoms. The third kappa shape index (κ3) is 3.14. The molecule has 0 radical (unpaired) electrons. The van der Waals surface area contributed by atoms with E-state index < -0.39 is 0 Å². The van der Waals surface area contributed by atoms with Gasteiger partial charge in [0.1, 0.15) is 5.82 Å². The van der Waals surface area contributed by atoms with Crippen molar-refractivity contribution in [2.75, 3.05) is 45.9 Å². The molecule has 1 aromatic rings. The first-order valence-corrected chi connectivity index (χ1v) is 7.11. The van der Waals surface area contributed by atoms with Crippen molar-refractivity contribution in [3.8, 4) is 0 Å². The van der Waals surface area contributed by atoms with Crippen molar-refractivity contribution in [3.05, 3.63) is 35.1 Å². The highest BCUT2D eigenvalue weighted by molar-refractivity contribution is 5.30. The molecule has 3 rings (SSSR count). The van der Waals surface area contributed by atoms with E-state index in [1.165, 1.54) is 0 Å². The number of fused-ring (bicyclic) bond motifs is 1. The van der Waals surface area contributed by atoms with E-state index in [0.717, 1.165) is 70.0 Å². The van der Waals surface area contributed by atoms with Gasteiger partial charge in [0.15, 0.2) is 0 Å². The summed E-state index contributed by atoms with van der Waals surface area (Å²) in [5.74, 6) is -0.0367. The van der Waals surface area contributed by atoms with E-state index in [0.29, 0.717) is 0 Å². The predicted molar refractivity (Wildman–Crippen MR) is 72.6 cm³/mol. The Kier molecular flexibility index (Phi) is 4.11. The molecule has 0 N–H and O–H groups in total. The number of ether oxygens (including phenoxy) is 1. The number of nitrogens with zero attached hydrogens (tertiary/aromatic N) is 2. The van der Waals surface area contributed by atoms with E-state index >= 15 is 0 Å². The normalized spacial score (nSPS) is 21.3. The van der Waals surface area contributed by atoms with Gasteiger partial charge in [0.2, 0.25) is 0 Å². The first kappa shape index (κ1) is 13.0. The molecule has 0 saturated carbocycles. The maximum Gasteiger partial charge on any atom is 0.126 e. The van der Waals surface area contributed by atoms with Crippen molar-refractivity contribution >= 4 is 0 Å². The molecule has 104 valence electrons. The summed E-state index contributed by atoms with van der Waals surface area (Å²) in [6, 6.07) is 5.45. The molecule has 1 aromatic carbocycles. The highest BCUT2D eigenvalue weighted by Crippen LogP contribution is 2.21. The maximum absolute atomic E-state index is 13.6. The average Bonchev–Trinajstić information content (AvgIpc) is 2.46. The van der Waals surface area contributed by atoms with Crippen molar-refractivity contribution in [1.82, 2.24) is 9.80 Å². The minimum atomic E-state index is -0.0367. The monoisotopic (exact) mass is 264 g/mol. The van der Waals surface area contributed by atoms with E-state index in [1.54, 1.807) is 6.07 Å². The maximum atomic E-state index is 13.6. The fraction of sp³-hybridized carbons (Fsp3) is 0.600. The molecular formula is C15H21FN2O. The Morgan fingerprint density at radius 1 is 1.05 bits per heavy atom. The lowest BCUT2D eigenvalue weighted by atomic mass is 9.99. The SMILES string of the molecule is Fc1cccc2c1CCN(CCN1CCOCC1)C2. The lowest BCUT2D eigenvalue weighted by Crippen LogP contribution is -2.42. The fourth-order valence-electron chi connectivity index (χ4n) is 2.92. The lowest BCUT2D eigenvalue weighted by molar-refractivity contribution is 0.0326. The minimum Gasteiger partial charge on any atom is -0.379 e. The molecule has 0 aromatic heterocycles. The van der Waals surface area contributed by atoms with E-state index in [4.69, 9.17) is 4.74 Å². The van der Waals surface area contributed by atoms with Crippen LogP contribution in [0.3, 0.4) is 0 Å². The Hall–Kier alpha value is -0.970. The van der Waals surface area contributed by atoms with Crippen LogP contribution in [0.25, 0.3) is 0 Å². The Morgan fingerprint density at radius 3 is 2.68 bits per heavy atom. The third-order valence-electron chi connectivity index (χ3n) is 4.12. The minimum absolute atomic E-state index is 0.0367. The molecule has 19 heavy (non-hydrogen) atoms. The van der Waals surface area contributed by atoms with Crippen molar-refractivity contribution in [2.24, 2.45) is 0 Å². The van der Waals surface area contributed by atoms with Crippen LogP contribution >= 0.6 is 0 Å². The molecule has 0 unspecified atom stereocenters. The molecule has 1 saturated heterocycles. The highest BCUT2D eigenvalue weighted by Gasteiger charge is 2.19. The van der Waals surface area contributed by atoms with Crippen LogP contribution in [-0.2, 0) is 17.7 Å². The van der Waals surface area contributed by atoms with Gasteiger partial charge in [0, 0.05) is 39.3 Å². The van der Waals surface area contributed by atoms with E-state index in [2.05, 4.69) is 15.9 Å². The highest BCUT2D eigenvalue weighted by atomic mass is 19.1. The first-order chi connectivity index (χ1) is 9.33. The molecule has 0 atom stereocenters. The zero-order chi connectivity index (χ0) is 13.1. The molecule has 0 spiro atoms. The second-order valence-corrected chi connectivity index (χ2v) is 5.36. The van der Waals surface area contributed by atoms with E-state index in [1.807, 2.05) is 6.07 Å². The van der Waals surface area contributed by atoms with Crippen LogP contribution in [0.5, 0.6) is 0 Å². The number of benzene rings is 1. The third-order valence-corrected chi connectivity index (χ3v) is 4.12.